The molecule has 1 aromatic carbocycles. The molecule has 1 atom stereocenters. The van der Waals surface area contributed by atoms with Crippen LogP contribution in [0.1, 0.15) is 29.5 Å². The molecular weight excluding hydrogens is 282 g/mol. The van der Waals surface area contributed by atoms with Crippen LogP contribution >= 0.6 is 0 Å². The quantitative estimate of drug-likeness (QED) is 0.576. The van der Waals surface area contributed by atoms with Crippen LogP contribution in [0, 0.1) is 0 Å². The van der Waals surface area contributed by atoms with Crippen LogP contribution < -0.4 is 5.73 Å². The average Bonchev–Trinajstić information content (AvgIpc) is 3.19. The molecule has 2 aromatic heterocycles. The minimum atomic E-state index is -0.723. The van der Waals surface area contributed by atoms with Crippen molar-refractivity contribution in [3.8, 4) is 0 Å². The Kier molecular flexibility index (Phi) is 4.10. The van der Waals surface area contributed by atoms with Crippen molar-refractivity contribution in [1.82, 2.24) is 30.4 Å². The molecule has 8 heteroatoms. The topological polar surface area (TPSA) is 119 Å². The van der Waals surface area contributed by atoms with Crippen molar-refractivity contribution in [2.24, 2.45) is 0 Å². The molecule has 0 aliphatic carbocycles. The SMILES string of the molecule is Nc1ccc(Cn2cc(CCC(O)c3nn[nH]n3)cn2)cc1. The molecule has 1 unspecified atom stereocenters. The standard InChI is InChI=1S/C14H17N7O/c15-12-4-1-10(2-5-12)8-21-9-11(7-16-21)3-6-13(22)14-17-19-20-18-14/h1-2,4-5,7,9,13,22H,3,6,8,15H2,(H,17,18,19,20). The first-order valence-corrected chi connectivity index (χ1v) is 6.98. The summed E-state index contributed by atoms with van der Waals surface area (Å²) in [6, 6.07) is 7.72. The number of hydrogen-bond acceptors (Lipinski definition) is 6. The number of nitrogen functional groups attached to an aromatic ring is 1. The summed E-state index contributed by atoms with van der Waals surface area (Å²) in [5.41, 5.74) is 8.61. The highest BCUT2D eigenvalue weighted by Crippen LogP contribution is 2.14. The van der Waals surface area contributed by atoms with Crippen molar-refractivity contribution >= 4 is 5.69 Å². The maximum absolute atomic E-state index is 9.91. The van der Waals surface area contributed by atoms with Crippen LogP contribution in [0.15, 0.2) is 36.7 Å². The van der Waals surface area contributed by atoms with Gasteiger partial charge in [0.1, 0.15) is 6.10 Å². The zero-order valence-corrected chi connectivity index (χ0v) is 11.9. The van der Waals surface area contributed by atoms with Gasteiger partial charge >= 0.3 is 0 Å². The van der Waals surface area contributed by atoms with Gasteiger partial charge in [0.2, 0.25) is 5.82 Å². The first-order valence-electron chi connectivity index (χ1n) is 6.98. The third-order valence-electron chi connectivity index (χ3n) is 3.38. The third kappa shape index (κ3) is 3.47. The first-order chi connectivity index (χ1) is 10.7. The van der Waals surface area contributed by atoms with Gasteiger partial charge in [0.25, 0.3) is 0 Å². The lowest BCUT2D eigenvalue weighted by Gasteiger charge is -2.04. The number of aromatic amines is 1. The highest BCUT2D eigenvalue weighted by atomic mass is 16.3. The second-order valence-corrected chi connectivity index (χ2v) is 5.11. The Morgan fingerprint density at radius 2 is 2.05 bits per heavy atom. The molecule has 3 rings (SSSR count). The summed E-state index contributed by atoms with van der Waals surface area (Å²) in [5.74, 6) is 0.314. The fraction of sp³-hybridized carbons (Fsp3) is 0.286. The van der Waals surface area contributed by atoms with Gasteiger partial charge in [0.15, 0.2) is 0 Å². The molecule has 114 valence electrons. The van der Waals surface area contributed by atoms with E-state index in [1.807, 2.05) is 35.1 Å². The highest BCUT2D eigenvalue weighted by Gasteiger charge is 2.12. The number of nitrogens with one attached hydrogen (secondary N) is 1. The predicted molar refractivity (Wildman–Crippen MR) is 79.6 cm³/mol. The molecule has 0 saturated heterocycles. The number of rotatable bonds is 6. The number of nitrogens with two attached hydrogens (primary N) is 1. The minimum Gasteiger partial charge on any atom is -0.399 e. The molecule has 0 bridgehead atoms. The lowest BCUT2D eigenvalue weighted by molar-refractivity contribution is 0.158. The van der Waals surface area contributed by atoms with E-state index in [1.54, 1.807) is 6.20 Å². The van der Waals surface area contributed by atoms with Gasteiger partial charge in [-0.2, -0.15) is 10.3 Å². The number of nitrogens with zero attached hydrogens (tertiary/aromatic N) is 5. The van der Waals surface area contributed by atoms with Crippen molar-refractivity contribution in [2.75, 3.05) is 5.73 Å². The van der Waals surface area contributed by atoms with Crippen LogP contribution in [0.5, 0.6) is 0 Å². The number of anilines is 1. The lowest BCUT2D eigenvalue weighted by Crippen LogP contribution is -2.02. The Labute approximate surface area is 127 Å². The van der Waals surface area contributed by atoms with Gasteiger partial charge in [0, 0.05) is 11.9 Å². The number of aryl methyl sites for hydroxylation is 1. The van der Waals surface area contributed by atoms with E-state index in [-0.39, 0.29) is 0 Å². The molecule has 8 nitrogen and oxygen atoms in total. The molecule has 0 aliphatic heterocycles. The van der Waals surface area contributed by atoms with Gasteiger partial charge < -0.3 is 10.8 Å². The van der Waals surface area contributed by atoms with Gasteiger partial charge in [-0.1, -0.05) is 17.3 Å². The van der Waals surface area contributed by atoms with Crippen LogP contribution in [0.4, 0.5) is 5.69 Å². The monoisotopic (exact) mass is 299 g/mol. The number of hydrogen-bond donors (Lipinski definition) is 3. The van der Waals surface area contributed by atoms with Crippen LogP contribution in [-0.2, 0) is 13.0 Å². The van der Waals surface area contributed by atoms with Crippen molar-refractivity contribution in [3.05, 3.63) is 53.6 Å². The second-order valence-electron chi connectivity index (χ2n) is 5.11. The number of aliphatic hydroxyl groups excluding tert-OH is 1. The van der Waals surface area contributed by atoms with Crippen molar-refractivity contribution in [1.29, 1.82) is 0 Å². The van der Waals surface area contributed by atoms with E-state index in [4.69, 9.17) is 5.73 Å². The molecular formula is C14H17N7O. The van der Waals surface area contributed by atoms with E-state index in [0.29, 0.717) is 25.2 Å². The summed E-state index contributed by atoms with van der Waals surface area (Å²) in [6.07, 6.45) is 4.27. The molecule has 4 N–H and O–H groups in total. The maximum Gasteiger partial charge on any atom is 0.202 e. The molecule has 2 heterocycles. The van der Waals surface area contributed by atoms with Crippen LogP contribution in [0.3, 0.4) is 0 Å². The molecule has 0 fully saturated rings. The van der Waals surface area contributed by atoms with Crippen LogP contribution in [-0.4, -0.2) is 35.5 Å². The van der Waals surface area contributed by atoms with Crippen molar-refractivity contribution in [2.45, 2.75) is 25.5 Å². The molecule has 0 aliphatic rings. The van der Waals surface area contributed by atoms with E-state index in [2.05, 4.69) is 25.7 Å². The third-order valence-corrected chi connectivity index (χ3v) is 3.38. The summed E-state index contributed by atoms with van der Waals surface area (Å²) in [4.78, 5) is 0. The van der Waals surface area contributed by atoms with Crippen LogP contribution in [0.2, 0.25) is 0 Å². The Morgan fingerprint density at radius 3 is 2.77 bits per heavy atom. The summed E-state index contributed by atoms with van der Waals surface area (Å²) in [6.45, 7) is 0.688. The summed E-state index contributed by atoms with van der Waals surface area (Å²) < 4.78 is 1.86. The van der Waals surface area contributed by atoms with Gasteiger partial charge in [-0.3, -0.25) is 4.68 Å². The number of aromatic nitrogens is 6. The summed E-state index contributed by atoms with van der Waals surface area (Å²) >= 11 is 0. The van der Waals surface area contributed by atoms with Gasteiger partial charge in [-0.25, -0.2) is 0 Å². The van der Waals surface area contributed by atoms with E-state index in [1.165, 1.54) is 0 Å². The molecule has 0 spiro atoms. The summed E-state index contributed by atoms with van der Waals surface area (Å²) in [5, 5.41) is 27.5. The molecule has 0 amide bonds. The number of tetrazole rings is 1. The molecule has 0 radical (unpaired) electrons. The maximum atomic E-state index is 9.91. The smallest absolute Gasteiger partial charge is 0.202 e. The fourth-order valence-electron chi connectivity index (χ4n) is 2.18. The number of benzene rings is 1. The Bertz CT molecular complexity index is 705. The van der Waals surface area contributed by atoms with Gasteiger partial charge in [0.05, 0.1) is 12.7 Å². The second kappa shape index (κ2) is 6.35. The Balaban J connectivity index is 1.56. The number of aliphatic hydroxyl groups is 1. The first kappa shape index (κ1) is 14.2. The normalized spacial score (nSPS) is 12.4. The summed E-state index contributed by atoms with van der Waals surface area (Å²) in [7, 11) is 0. The number of H-pyrrole nitrogens is 1. The van der Waals surface area contributed by atoms with Crippen molar-refractivity contribution in [3.63, 3.8) is 0 Å². The molecule has 0 saturated carbocycles. The van der Waals surface area contributed by atoms with E-state index < -0.39 is 6.10 Å². The van der Waals surface area contributed by atoms with E-state index in [0.717, 1.165) is 16.8 Å². The van der Waals surface area contributed by atoms with Gasteiger partial charge in [-0.05, 0) is 36.1 Å². The van der Waals surface area contributed by atoms with E-state index >= 15 is 0 Å². The Hall–Kier alpha value is -2.74. The fourth-order valence-corrected chi connectivity index (χ4v) is 2.18. The van der Waals surface area contributed by atoms with E-state index in [9.17, 15) is 5.11 Å². The van der Waals surface area contributed by atoms with Crippen LogP contribution in [0.25, 0.3) is 0 Å². The average molecular weight is 299 g/mol. The van der Waals surface area contributed by atoms with Gasteiger partial charge in [-0.15, -0.1) is 10.2 Å². The van der Waals surface area contributed by atoms with Crippen molar-refractivity contribution < 1.29 is 5.11 Å². The largest absolute Gasteiger partial charge is 0.399 e. The zero-order chi connectivity index (χ0) is 15.4. The minimum absolute atomic E-state index is 0.314. The molecule has 22 heavy (non-hydrogen) atoms. The molecule has 3 aromatic rings. The zero-order valence-electron chi connectivity index (χ0n) is 11.9. The predicted octanol–water partition coefficient (Wildman–Crippen LogP) is 0.693. The lowest BCUT2D eigenvalue weighted by atomic mass is 10.1. The Morgan fingerprint density at radius 1 is 1.23 bits per heavy atom. The highest BCUT2D eigenvalue weighted by molar-refractivity contribution is 5.39.